The van der Waals surface area contributed by atoms with Gasteiger partial charge in [-0.2, -0.15) is 0 Å². The van der Waals surface area contributed by atoms with Crippen molar-refractivity contribution in [3.05, 3.63) is 83.7 Å². The summed E-state index contributed by atoms with van der Waals surface area (Å²) in [6.07, 6.45) is 7.75. The van der Waals surface area contributed by atoms with E-state index in [1.54, 1.807) is 24.0 Å². The minimum absolute atomic E-state index is 0.0979. The molecule has 1 amide bonds. The van der Waals surface area contributed by atoms with Gasteiger partial charge < -0.3 is 9.64 Å². The number of likely N-dealkylation sites (N-methyl/N-ethyl adjacent to an activating group) is 1. The van der Waals surface area contributed by atoms with E-state index in [0.717, 1.165) is 42.9 Å². The molecule has 1 aliphatic rings. The third-order valence-corrected chi connectivity index (χ3v) is 5.19. The Hall–Kier alpha value is -2.92. The van der Waals surface area contributed by atoms with Crippen molar-refractivity contribution in [3.63, 3.8) is 0 Å². The van der Waals surface area contributed by atoms with Crippen LogP contribution < -0.4 is 9.64 Å². The van der Waals surface area contributed by atoms with E-state index in [9.17, 15) is 9.18 Å². The smallest absolute Gasteiger partial charge is 0.258 e. The Morgan fingerprint density at radius 2 is 2.07 bits per heavy atom. The van der Waals surface area contributed by atoms with Crippen molar-refractivity contribution in [3.8, 4) is 5.75 Å². The number of halogens is 1. The van der Waals surface area contributed by atoms with Crippen molar-refractivity contribution < 1.29 is 13.9 Å². The molecule has 0 aromatic heterocycles. The Bertz CT molecular complexity index is 939. The summed E-state index contributed by atoms with van der Waals surface area (Å²) in [5, 5.41) is 0. The number of nitrogens with zero attached hydrogens (tertiary/aromatic N) is 2. The number of ether oxygens (including phenoxy) is 1. The molecule has 30 heavy (non-hydrogen) atoms. The van der Waals surface area contributed by atoms with Gasteiger partial charge in [0.25, 0.3) is 5.91 Å². The highest BCUT2D eigenvalue weighted by molar-refractivity contribution is 6.06. The van der Waals surface area contributed by atoms with Crippen LogP contribution in [0.1, 0.15) is 27.9 Å². The molecule has 0 saturated carbocycles. The molecular formula is C25H29FN2O2. The molecule has 0 saturated heterocycles. The lowest BCUT2D eigenvalue weighted by Crippen LogP contribution is -2.35. The van der Waals surface area contributed by atoms with Crippen molar-refractivity contribution in [2.24, 2.45) is 0 Å². The fourth-order valence-corrected chi connectivity index (χ4v) is 3.57. The Morgan fingerprint density at radius 3 is 2.83 bits per heavy atom. The van der Waals surface area contributed by atoms with Crippen LogP contribution in [0.15, 0.2) is 61.2 Å². The second kappa shape index (κ2) is 10.2. The molecule has 2 aromatic carbocycles. The lowest BCUT2D eigenvalue weighted by molar-refractivity contribution is 0.0985. The molecule has 3 rings (SSSR count). The molecule has 0 spiro atoms. The number of hydrogen-bond acceptors (Lipinski definition) is 3. The quantitative estimate of drug-likeness (QED) is 0.590. The number of anilines is 1. The zero-order valence-electron chi connectivity index (χ0n) is 17.7. The second-order valence-electron chi connectivity index (χ2n) is 7.61. The highest BCUT2D eigenvalue weighted by Crippen LogP contribution is 2.31. The second-order valence-corrected chi connectivity index (χ2v) is 7.61. The van der Waals surface area contributed by atoms with Gasteiger partial charge in [-0.15, -0.1) is 6.58 Å². The largest absolute Gasteiger partial charge is 0.490 e. The van der Waals surface area contributed by atoms with Crippen molar-refractivity contribution >= 4 is 11.6 Å². The summed E-state index contributed by atoms with van der Waals surface area (Å²) in [4.78, 5) is 16.9. The molecule has 0 aliphatic carbocycles. The third-order valence-electron chi connectivity index (χ3n) is 5.19. The molecule has 0 bridgehead atoms. The highest BCUT2D eigenvalue weighted by Gasteiger charge is 2.24. The minimum atomic E-state index is -0.297. The predicted molar refractivity (Wildman–Crippen MR) is 120 cm³/mol. The molecule has 0 unspecified atom stereocenters. The molecule has 0 N–H and O–H groups in total. The molecule has 158 valence electrons. The van der Waals surface area contributed by atoms with Crippen molar-refractivity contribution in [1.29, 1.82) is 0 Å². The van der Waals surface area contributed by atoms with Gasteiger partial charge in [0.05, 0.1) is 0 Å². The van der Waals surface area contributed by atoms with Gasteiger partial charge >= 0.3 is 0 Å². The monoisotopic (exact) mass is 408 g/mol. The summed E-state index contributed by atoms with van der Waals surface area (Å²) < 4.78 is 19.4. The van der Waals surface area contributed by atoms with Crippen LogP contribution in [-0.2, 0) is 6.42 Å². The van der Waals surface area contributed by atoms with E-state index in [1.807, 2.05) is 37.4 Å². The average Bonchev–Trinajstić information content (AvgIpc) is 2.74. The van der Waals surface area contributed by atoms with E-state index < -0.39 is 0 Å². The number of aryl methyl sites for hydroxylation is 2. The number of carbonyl (C=O) groups excluding carboxylic acids is 1. The fourth-order valence-electron chi connectivity index (χ4n) is 3.57. The van der Waals surface area contributed by atoms with Crippen molar-refractivity contribution in [2.75, 3.05) is 38.2 Å². The molecular weight excluding hydrogens is 379 g/mol. The van der Waals surface area contributed by atoms with Gasteiger partial charge in [-0.1, -0.05) is 18.2 Å². The van der Waals surface area contributed by atoms with Crippen LogP contribution in [0.2, 0.25) is 0 Å². The first kappa shape index (κ1) is 21.8. The Morgan fingerprint density at radius 1 is 1.23 bits per heavy atom. The van der Waals surface area contributed by atoms with Crippen LogP contribution in [0.3, 0.4) is 0 Å². The van der Waals surface area contributed by atoms with Gasteiger partial charge in [0.1, 0.15) is 18.2 Å². The summed E-state index contributed by atoms with van der Waals surface area (Å²) in [6.45, 7) is 8.25. The van der Waals surface area contributed by atoms with E-state index in [0.29, 0.717) is 24.3 Å². The van der Waals surface area contributed by atoms with Crippen LogP contribution in [0.4, 0.5) is 10.1 Å². The molecule has 0 fully saturated rings. The van der Waals surface area contributed by atoms with Gasteiger partial charge in [0.15, 0.2) is 0 Å². The van der Waals surface area contributed by atoms with Gasteiger partial charge in [-0.05, 0) is 74.3 Å². The van der Waals surface area contributed by atoms with Crippen LogP contribution in [-0.4, -0.2) is 44.1 Å². The molecule has 1 aliphatic heterocycles. The van der Waals surface area contributed by atoms with Gasteiger partial charge in [0, 0.05) is 30.9 Å². The maximum atomic E-state index is 13.6. The van der Waals surface area contributed by atoms with E-state index in [1.165, 1.54) is 6.07 Å². The molecule has 0 radical (unpaired) electrons. The standard InChI is InChI=1S/C25H29FN2O2/c1-4-13-27(3)14-5-6-16-30-22-10-12-24-20(18-22)8-7-15-28(24)25(29)21-9-11-23(26)19(2)17-21/h4-6,9-12,17-18H,1,7-8,13-16H2,2-3H3/b6-5+. The minimum Gasteiger partial charge on any atom is -0.490 e. The van der Waals surface area contributed by atoms with Crippen molar-refractivity contribution in [2.45, 2.75) is 19.8 Å². The number of amides is 1. The summed E-state index contributed by atoms with van der Waals surface area (Å²) >= 11 is 0. The maximum absolute atomic E-state index is 13.6. The lowest BCUT2D eigenvalue weighted by atomic mass is 10.00. The van der Waals surface area contributed by atoms with Crippen LogP contribution in [0, 0.1) is 12.7 Å². The first-order chi connectivity index (χ1) is 14.5. The van der Waals surface area contributed by atoms with E-state index in [2.05, 4.69) is 17.6 Å². The third kappa shape index (κ3) is 5.36. The number of hydrogen-bond donors (Lipinski definition) is 0. The number of rotatable bonds is 8. The van der Waals surface area contributed by atoms with Gasteiger partial charge in [-0.25, -0.2) is 4.39 Å². The van der Waals surface area contributed by atoms with Gasteiger partial charge in [-0.3, -0.25) is 9.69 Å². The summed E-state index contributed by atoms with van der Waals surface area (Å²) in [7, 11) is 2.04. The lowest BCUT2D eigenvalue weighted by Gasteiger charge is -2.30. The van der Waals surface area contributed by atoms with Crippen LogP contribution in [0.5, 0.6) is 5.75 Å². The first-order valence-corrected chi connectivity index (χ1v) is 10.3. The molecule has 4 nitrogen and oxygen atoms in total. The van der Waals surface area contributed by atoms with Gasteiger partial charge in [0.2, 0.25) is 0 Å². The average molecular weight is 409 g/mol. The van der Waals surface area contributed by atoms with Crippen LogP contribution in [0.25, 0.3) is 0 Å². The number of benzene rings is 2. The Labute approximate surface area is 178 Å². The number of carbonyl (C=O) groups is 1. The molecule has 5 heteroatoms. The zero-order chi connectivity index (χ0) is 21.5. The topological polar surface area (TPSA) is 32.8 Å². The fraction of sp³-hybridized carbons (Fsp3) is 0.320. The van der Waals surface area contributed by atoms with E-state index in [-0.39, 0.29) is 11.7 Å². The Balaban J connectivity index is 1.65. The summed E-state index contributed by atoms with van der Waals surface area (Å²) in [5.41, 5.74) is 2.99. The summed E-state index contributed by atoms with van der Waals surface area (Å²) in [5.74, 6) is 0.401. The Kier molecular flexibility index (Phi) is 7.41. The molecule has 1 heterocycles. The predicted octanol–water partition coefficient (Wildman–Crippen LogP) is 4.78. The van der Waals surface area contributed by atoms with Crippen molar-refractivity contribution in [1.82, 2.24) is 4.90 Å². The van der Waals surface area contributed by atoms with E-state index in [4.69, 9.17) is 4.74 Å². The first-order valence-electron chi connectivity index (χ1n) is 10.3. The zero-order valence-corrected chi connectivity index (χ0v) is 17.7. The summed E-state index contributed by atoms with van der Waals surface area (Å²) in [6, 6.07) is 10.4. The maximum Gasteiger partial charge on any atom is 0.258 e. The van der Waals surface area contributed by atoms with E-state index >= 15 is 0 Å². The SMILES string of the molecule is C=CCN(C)C/C=C/COc1ccc2c(c1)CCCN2C(=O)c1ccc(F)c(C)c1. The van der Waals surface area contributed by atoms with Crippen LogP contribution >= 0.6 is 0 Å². The number of fused-ring (bicyclic) bond motifs is 1. The highest BCUT2D eigenvalue weighted by atomic mass is 19.1. The molecule has 2 aromatic rings. The normalized spacial score (nSPS) is 13.5. The molecule has 0 atom stereocenters.